The second-order valence-electron chi connectivity index (χ2n) is 5.06. The van der Waals surface area contributed by atoms with Gasteiger partial charge in [0.2, 0.25) is 5.95 Å². The summed E-state index contributed by atoms with van der Waals surface area (Å²) < 4.78 is 0. The summed E-state index contributed by atoms with van der Waals surface area (Å²) in [6.45, 7) is 5.28. The van der Waals surface area contributed by atoms with Crippen molar-refractivity contribution >= 4 is 44.7 Å². The van der Waals surface area contributed by atoms with E-state index in [1.54, 1.807) is 22.7 Å². The third-order valence-electron chi connectivity index (χ3n) is 3.33. The molecule has 0 aromatic carbocycles. The molecule has 21 heavy (non-hydrogen) atoms. The van der Waals surface area contributed by atoms with E-state index < -0.39 is 0 Å². The molecule has 1 N–H and O–H groups in total. The van der Waals surface area contributed by atoms with E-state index >= 15 is 0 Å². The average Bonchev–Trinajstić information content (AvgIpc) is 3.14. The lowest BCUT2D eigenvalue weighted by atomic mass is 10.2. The highest BCUT2D eigenvalue weighted by molar-refractivity contribution is 7.16. The molecule has 3 rings (SSSR count). The van der Waals surface area contributed by atoms with Gasteiger partial charge in [-0.05, 0) is 36.7 Å². The predicted octanol–water partition coefficient (Wildman–Crippen LogP) is 4.21. The number of nitrogens with zero attached hydrogens (tertiary/aromatic N) is 3. The Hall–Kier alpha value is -1.66. The molecule has 0 spiro atoms. The molecule has 3 aromatic heterocycles. The van der Waals surface area contributed by atoms with E-state index in [1.807, 2.05) is 7.05 Å². The summed E-state index contributed by atoms with van der Waals surface area (Å²) in [7, 11) is 1.86. The number of nitrogens with one attached hydrogen (secondary N) is 1. The zero-order valence-electron chi connectivity index (χ0n) is 12.3. The van der Waals surface area contributed by atoms with Crippen molar-refractivity contribution in [3.8, 4) is 0 Å². The van der Waals surface area contributed by atoms with E-state index in [9.17, 15) is 0 Å². The highest BCUT2D eigenvalue weighted by Crippen LogP contribution is 2.31. The van der Waals surface area contributed by atoms with Gasteiger partial charge in [-0.25, -0.2) is 4.98 Å². The number of thiophene rings is 2. The third kappa shape index (κ3) is 2.87. The molecule has 0 unspecified atom stereocenters. The SMILES string of the molecule is CNc1nc(N(Cc2cccs2)C(C)C)c2ccsc2n1. The summed E-state index contributed by atoms with van der Waals surface area (Å²) in [5.74, 6) is 1.69. The summed E-state index contributed by atoms with van der Waals surface area (Å²) >= 11 is 3.44. The van der Waals surface area contributed by atoms with Gasteiger partial charge in [0.05, 0.1) is 11.9 Å². The minimum absolute atomic E-state index is 0.370. The maximum atomic E-state index is 4.71. The molecule has 0 aliphatic heterocycles. The molecular formula is C15H18N4S2. The predicted molar refractivity (Wildman–Crippen MR) is 92.6 cm³/mol. The minimum Gasteiger partial charge on any atom is -0.357 e. The van der Waals surface area contributed by atoms with Gasteiger partial charge in [-0.1, -0.05) is 6.07 Å². The van der Waals surface area contributed by atoms with Gasteiger partial charge in [-0.3, -0.25) is 0 Å². The first-order valence-electron chi connectivity index (χ1n) is 6.91. The number of aromatic nitrogens is 2. The Kier molecular flexibility index (Phi) is 4.07. The fraction of sp³-hybridized carbons (Fsp3) is 0.333. The maximum absolute atomic E-state index is 4.71. The summed E-state index contributed by atoms with van der Waals surface area (Å²) in [5.41, 5.74) is 0. The van der Waals surface area contributed by atoms with E-state index in [0.29, 0.717) is 12.0 Å². The van der Waals surface area contributed by atoms with Crippen LogP contribution in [0.5, 0.6) is 0 Å². The van der Waals surface area contributed by atoms with Gasteiger partial charge in [0.1, 0.15) is 10.6 Å². The highest BCUT2D eigenvalue weighted by atomic mass is 32.1. The fourth-order valence-corrected chi connectivity index (χ4v) is 3.70. The average molecular weight is 318 g/mol. The molecule has 0 saturated carbocycles. The first-order valence-corrected chi connectivity index (χ1v) is 8.67. The van der Waals surface area contributed by atoms with Crippen molar-refractivity contribution in [2.24, 2.45) is 0 Å². The fourth-order valence-electron chi connectivity index (χ4n) is 2.24. The monoisotopic (exact) mass is 318 g/mol. The maximum Gasteiger partial charge on any atom is 0.225 e. The second kappa shape index (κ2) is 5.99. The molecule has 3 aromatic rings. The number of anilines is 2. The standard InChI is InChI=1S/C15H18N4S2/c1-10(2)19(9-11-5-4-7-20-11)13-12-6-8-21-14(12)18-15(16-3)17-13/h4-8,10H,9H2,1-3H3,(H,16,17,18). The molecule has 6 heteroatoms. The van der Waals surface area contributed by atoms with Gasteiger partial charge in [0.15, 0.2) is 0 Å². The van der Waals surface area contributed by atoms with Crippen LogP contribution in [0.3, 0.4) is 0 Å². The summed E-state index contributed by atoms with van der Waals surface area (Å²) in [4.78, 5) is 13.9. The Bertz CT molecular complexity index is 718. The van der Waals surface area contributed by atoms with Crippen molar-refractivity contribution < 1.29 is 0 Å². The van der Waals surface area contributed by atoms with Crippen molar-refractivity contribution in [2.45, 2.75) is 26.4 Å². The van der Waals surface area contributed by atoms with Crippen LogP contribution in [0.4, 0.5) is 11.8 Å². The van der Waals surface area contributed by atoms with Crippen molar-refractivity contribution in [1.29, 1.82) is 0 Å². The van der Waals surface area contributed by atoms with E-state index in [2.05, 4.69) is 58.0 Å². The van der Waals surface area contributed by atoms with Crippen molar-refractivity contribution in [3.63, 3.8) is 0 Å². The smallest absolute Gasteiger partial charge is 0.225 e. The Morgan fingerprint density at radius 2 is 2.05 bits per heavy atom. The molecule has 0 fully saturated rings. The minimum atomic E-state index is 0.370. The van der Waals surface area contributed by atoms with Gasteiger partial charge in [0.25, 0.3) is 0 Å². The summed E-state index contributed by atoms with van der Waals surface area (Å²) in [6.07, 6.45) is 0. The molecule has 0 bridgehead atoms. The number of rotatable bonds is 5. The number of hydrogen-bond donors (Lipinski definition) is 1. The van der Waals surface area contributed by atoms with Gasteiger partial charge < -0.3 is 10.2 Å². The first-order chi connectivity index (χ1) is 10.2. The van der Waals surface area contributed by atoms with Gasteiger partial charge in [-0.15, -0.1) is 22.7 Å². The summed E-state index contributed by atoms with van der Waals surface area (Å²) in [5, 5.41) is 8.38. The molecule has 3 heterocycles. The van der Waals surface area contributed by atoms with Crippen LogP contribution in [0.1, 0.15) is 18.7 Å². The molecule has 0 atom stereocenters. The topological polar surface area (TPSA) is 41.1 Å². The molecule has 0 aliphatic rings. The van der Waals surface area contributed by atoms with E-state index in [-0.39, 0.29) is 0 Å². The first kappa shape index (κ1) is 14.3. The Balaban J connectivity index is 2.07. The highest BCUT2D eigenvalue weighted by Gasteiger charge is 2.18. The second-order valence-corrected chi connectivity index (χ2v) is 6.99. The van der Waals surface area contributed by atoms with Crippen LogP contribution < -0.4 is 10.2 Å². The molecule has 110 valence electrons. The third-order valence-corrected chi connectivity index (χ3v) is 5.00. The van der Waals surface area contributed by atoms with E-state index in [4.69, 9.17) is 4.98 Å². The van der Waals surface area contributed by atoms with Crippen molar-refractivity contribution in [3.05, 3.63) is 33.8 Å². The normalized spacial score (nSPS) is 11.2. The lowest BCUT2D eigenvalue weighted by molar-refractivity contribution is 0.680. The molecule has 0 aliphatic carbocycles. The van der Waals surface area contributed by atoms with Gasteiger partial charge in [-0.2, -0.15) is 4.98 Å². The quantitative estimate of drug-likeness (QED) is 0.765. The lowest BCUT2D eigenvalue weighted by Gasteiger charge is -2.28. The molecule has 4 nitrogen and oxygen atoms in total. The van der Waals surface area contributed by atoms with Crippen LogP contribution in [0.25, 0.3) is 10.2 Å². The number of fused-ring (bicyclic) bond motifs is 1. The Labute approximate surface area is 132 Å². The van der Waals surface area contributed by atoms with Gasteiger partial charge >= 0.3 is 0 Å². The van der Waals surface area contributed by atoms with Crippen LogP contribution >= 0.6 is 22.7 Å². The Morgan fingerprint density at radius 1 is 1.19 bits per heavy atom. The van der Waals surface area contributed by atoms with Crippen LogP contribution in [0.15, 0.2) is 29.0 Å². The number of hydrogen-bond acceptors (Lipinski definition) is 6. The van der Waals surface area contributed by atoms with Crippen molar-refractivity contribution in [1.82, 2.24) is 9.97 Å². The van der Waals surface area contributed by atoms with E-state index in [0.717, 1.165) is 22.6 Å². The van der Waals surface area contributed by atoms with Crippen LogP contribution in [0, 0.1) is 0 Å². The van der Waals surface area contributed by atoms with Gasteiger partial charge in [0, 0.05) is 18.0 Å². The van der Waals surface area contributed by atoms with Crippen LogP contribution in [-0.4, -0.2) is 23.1 Å². The summed E-state index contributed by atoms with van der Waals surface area (Å²) in [6, 6.07) is 6.75. The molecule has 0 saturated heterocycles. The van der Waals surface area contributed by atoms with E-state index in [1.165, 1.54) is 4.88 Å². The molecular weight excluding hydrogens is 300 g/mol. The zero-order valence-corrected chi connectivity index (χ0v) is 14.0. The Morgan fingerprint density at radius 3 is 2.71 bits per heavy atom. The zero-order chi connectivity index (χ0) is 14.8. The van der Waals surface area contributed by atoms with Crippen molar-refractivity contribution in [2.75, 3.05) is 17.3 Å². The molecule has 0 amide bonds. The van der Waals surface area contributed by atoms with Crippen LogP contribution in [0.2, 0.25) is 0 Å². The molecule has 0 radical (unpaired) electrons. The van der Waals surface area contributed by atoms with Crippen LogP contribution in [-0.2, 0) is 6.54 Å². The lowest BCUT2D eigenvalue weighted by Crippen LogP contribution is -2.31. The largest absolute Gasteiger partial charge is 0.357 e.